The van der Waals surface area contributed by atoms with Crippen LogP contribution in [0.25, 0.3) is 5.65 Å². The highest BCUT2D eigenvalue weighted by molar-refractivity contribution is 7.08. The van der Waals surface area contributed by atoms with Gasteiger partial charge in [0.15, 0.2) is 0 Å². The normalized spacial score (nSPS) is 10.4. The molecule has 0 aliphatic carbocycles. The Labute approximate surface area is 143 Å². The van der Waals surface area contributed by atoms with Crippen LogP contribution >= 0.6 is 11.3 Å². The van der Waals surface area contributed by atoms with E-state index in [1.165, 1.54) is 0 Å². The van der Waals surface area contributed by atoms with Crippen molar-refractivity contribution < 1.29 is 14.3 Å². The van der Waals surface area contributed by atoms with E-state index < -0.39 is 0 Å². The maximum Gasteiger partial charge on any atom is 0.332 e. The Balaban J connectivity index is 1.84. The fraction of sp³-hybridized carbons (Fsp3) is 0.222. The van der Waals surface area contributed by atoms with Gasteiger partial charge >= 0.3 is 5.97 Å². The van der Waals surface area contributed by atoms with Gasteiger partial charge in [0.1, 0.15) is 23.6 Å². The average Bonchev–Trinajstić information content (AvgIpc) is 3.20. The van der Waals surface area contributed by atoms with Crippen molar-refractivity contribution >= 4 is 23.0 Å². The van der Waals surface area contributed by atoms with E-state index in [0.29, 0.717) is 12.3 Å². The molecule has 0 fully saturated rings. The van der Waals surface area contributed by atoms with Crippen molar-refractivity contribution in [3.05, 3.63) is 58.2 Å². The van der Waals surface area contributed by atoms with Crippen molar-refractivity contribution in [1.29, 1.82) is 0 Å². The third-order valence-corrected chi connectivity index (χ3v) is 3.90. The van der Waals surface area contributed by atoms with Crippen molar-refractivity contribution in [3.8, 4) is 11.8 Å². The molecule has 0 atom stereocenters. The van der Waals surface area contributed by atoms with Crippen LogP contribution in [0.3, 0.4) is 0 Å². The molecule has 0 aliphatic rings. The monoisotopic (exact) mass is 340 g/mol. The Hall–Kier alpha value is -2.62. The summed E-state index contributed by atoms with van der Waals surface area (Å²) in [5.74, 6) is 5.91. The SMILES string of the molecule is CCOC(=O)COCc1nc2ccccn2c1C#Cc1ccsc1. The molecule has 3 aromatic heterocycles. The number of hydrogen-bond donors (Lipinski definition) is 0. The zero-order valence-electron chi connectivity index (χ0n) is 13.2. The molecule has 0 spiro atoms. The van der Waals surface area contributed by atoms with E-state index in [1.807, 2.05) is 45.6 Å². The molecule has 6 heteroatoms. The number of pyridine rings is 1. The van der Waals surface area contributed by atoms with Crippen molar-refractivity contribution in [2.24, 2.45) is 0 Å². The van der Waals surface area contributed by atoms with Gasteiger partial charge < -0.3 is 9.47 Å². The number of aromatic nitrogens is 2. The second-order valence-corrected chi connectivity index (χ2v) is 5.68. The average molecular weight is 340 g/mol. The number of hydrogen-bond acceptors (Lipinski definition) is 5. The maximum absolute atomic E-state index is 11.4. The summed E-state index contributed by atoms with van der Waals surface area (Å²) in [5.41, 5.74) is 3.22. The molecule has 5 nitrogen and oxygen atoms in total. The minimum Gasteiger partial charge on any atom is -0.464 e. The van der Waals surface area contributed by atoms with Crippen molar-refractivity contribution in [3.63, 3.8) is 0 Å². The minimum absolute atomic E-state index is 0.0981. The molecule has 0 N–H and O–H groups in total. The summed E-state index contributed by atoms with van der Waals surface area (Å²) in [6, 6.07) is 7.72. The van der Waals surface area contributed by atoms with E-state index in [2.05, 4.69) is 16.8 Å². The number of ether oxygens (including phenoxy) is 2. The van der Waals surface area contributed by atoms with Gasteiger partial charge in [-0.05, 0) is 36.4 Å². The van der Waals surface area contributed by atoms with Crippen LogP contribution < -0.4 is 0 Å². The molecule has 0 bridgehead atoms. The van der Waals surface area contributed by atoms with Crippen LogP contribution in [0, 0.1) is 11.8 Å². The summed E-state index contributed by atoms with van der Waals surface area (Å²) in [6.07, 6.45) is 1.91. The first-order chi connectivity index (χ1) is 11.8. The predicted molar refractivity (Wildman–Crippen MR) is 91.8 cm³/mol. The molecule has 3 rings (SSSR count). The fourth-order valence-corrected chi connectivity index (χ4v) is 2.77. The molecule has 0 aromatic carbocycles. The quantitative estimate of drug-likeness (QED) is 0.529. The van der Waals surface area contributed by atoms with Crippen LogP contribution in [0.5, 0.6) is 0 Å². The number of esters is 1. The number of fused-ring (bicyclic) bond motifs is 1. The lowest BCUT2D eigenvalue weighted by Gasteiger charge is -2.02. The van der Waals surface area contributed by atoms with Crippen molar-refractivity contribution in [1.82, 2.24) is 9.38 Å². The molecule has 0 saturated heterocycles. The summed E-state index contributed by atoms with van der Waals surface area (Å²) >= 11 is 1.61. The zero-order valence-corrected chi connectivity index (χ0v) is 14.0. The lowest BCUT2D eigenvalue weighted by atomic mass is 10.3. The van der Waals surface area contributed by atoms with Crippen LogP contribution in [-0.4, -0.2) is 28.6 Å². The van der Waals surface area contributed by atoms with Crippen LogP contribution in [0.2, 0.25) is 0 Å². The second kappa shape index (κ2) is 7.77. The molecule has 24 heavy (non-hydrogen) atoms. The smallest absolute Gasteiger partial charge is 0.332 e. The zero-order chi connectivity index (χ0) is 16.8. The number of nitrogens with zero attached hydrogens (tertiary/aromatic N) is 2. The highest BCUT2D eigenvalue weighted by atomic mass is 32.1. The van der Waals surface area contributed by atoms with Gasteiger partial charge in [-0.1, -0.05) is 12.0 Å². The van der Waals surface area contributed by atoms with Crippen LogP contribution in [0.1, 0.15) is 23.9 Å². The highest BCUT2D eigenvalue weighted by Gasteiger charge is 2.11. The fourth-order valence-electron chi connectivity index (χ4n) is 2.18. The summed E-state index contributed by atoms with van der Waals surface area (Å²) in [7, 11) is 0. The molecule has 0 amide bonds. The van der Waals surface area contributed by atoms with Crippen molar-refractivity contribution in [2.45, 2.75) is 13.5 Å². The summed E-state index contributed by atoms with van der Waals surface area (Å²) in [4.78, 5) is 15.9. The topological polar surface area (TPSA) is 52.8 Å². The van der Waals surface area contributed by atoms with E-state index in [0.717, 1.165) is 16.9 Å². The number of rotatable bonds is 5. The van der Waals surface area contributed by atoms with E-state index in [-0.39, 0.29) is 19.2 Å². The minimum atomic E-state index is -0.382. The van der Waals surface area contributed by atoms with Gasteiger partial charge in [-0.15, -0.1) is 0 Å². The van der Waals surface area contributed by atoms with E-state index >= 15 is 0 Å². The lowest BCUT2D eigenvalue weighted by molar-refractivity contribution is -0.148. The highest BCUT2D eigenvalue weighted by Crippen LogP contribution is 2.13. The van der Waals surface area contributed by atoms with Crippen LogP contribution in [-0.2, 0) is 20.9 Å². The van der Waals surface area contributed by atoms with E-state index in [4.69, 9.17) is 9.47 Å². The molecule has 0 aliphatic heterocycles. The number of carbonyl (C=O) groups excluding carboxylic acids is 1. The van der Waals surface area contributed by atoms with Crippen LogP contribution in [0.15, 0.2) is 41.2 Å². The third-order valence-electron chi connectivity index (χ3n) is 3.21. The van der Waals surface area contributed by atoms with Gasteiger partial charge in [0, 0.05) is 17.1 Å². The standard InChI is InChI=1S/C18H16N2O3S/c1-2-23-18(21)12-22-11-15-16(7-6-14-8-10-24-13-14)20-9-4-3-5-17(20)19-15/h3-5,8-10,13H,2,11-12H2,1H3. The molecule has 0 radical (unpaired) electrons. The maximum atomic E-state index is 11.4. The van der Waals surface area contributed by atoms with Gasteiger partial charge in [0.2, 0.25) is 0 Å². The molecular weight excluding hydrogens is 324 g/mol. The summed E-state index contributed by atoms with van der Waals surface area (Å²) in [5, 5.41) is 3.98. The molecule has 0 unspecified atom stereocenters. The largest absolute Gasteiger partial charge is 0.464 e. The summed E-state index contributed by atoms with van der Waals surface area (Å²) < 4.78 is 12.2. The molecule has 3 heterocycles. The van der Waals surface area contributed by atoms with Gasteiger partial charge in [-0.25, -0.2) is 9.78 Å². The Morgan fingerprint density at radius 1 is 1.33 bits per heavy atom. The Morgan fingerprint density at radius 3 is 3.04 bits per heavy atom. The Bertz CT molecular complexity index is 888. The molecule has 0 saturated carbocycles. The van der Waals surface area contributed by atoms with Gasteiger partial charge in [0.05, 0.1) is 13.2 Å². The molecular formula is C18H16N2O3S. The van der Waals surface area contributed by atoms with Gasteiger partial charge in [-0.2, -0.15) is 11.3 Å². The van der Waals surface area contributed by atoms with E-state index in [9.17, 15) is 4.79 Å². The number of carbonyl (C=O) groups is 1. The Morgan fingerprint density at radius 2 is 2.25 bits per heavy atom. The Kier molecular flexibility index (Phi) is 5.26. The first kappa shape index (κ1) is 16.2. The first-order valence-corrected chi connectivity index (χ1v) is 8.45. The number of thiophene rings is 1. The van der Waals surface area contributed by atoms with Crippen LogP contribution in [0.4, 0.5) is 0 Å². The third kappa shape index (κ3) is 3.82. The number of imidazole rings is 1. The second-order valence-electron chi connectivity index (χ2n) is 4.90. The predicted octanol–water partition coefficient (Wildman–Crippen LogP) is 2.88. The lowest BCUT2D eigenvalue weighted by Crippen LogP contribution is -2.12. The molecule has 122 valence electrons. The summed E-state index contributed by atoms with van der Waals surface area (Å²) in [6.45, 7) is 2.21. The van der Waals surface area contributed by atoms with E-state index in [1.54, 1.807) is 18.3 Å². The van der Waals surface area contributed by atoms with Gasteiger partial charge in [0.25, 0.3) is 0 Å². The van der Waals surface area contributed by atoms with Crippen molar-refractivity contribution in [2.75, 3.05) is 13.2 Å². The first-order valence-electron chi connectivity index (χ1n) is 7.51. The molecule has 3 aromatic rings. The van der Waals surface area contributed by atoms with Gasteiger partial charge in [-0.3, -0.25) is 4.40 Å².